The van der Waals surface area contributed by atoms with E-state index in [1.165, 1.54) is 18.9 Å². The summed E-state index contributed by atoms with van der Waals surface area (Å²) < 4.78 is 13.4. The highest BCUT2D eigenvalue weighted by Gasteiger charge is 2.31. The topological polar surface area (TPSA) is 32.3 Å². The Balaban J connectivity index is 0.00000225. The summed E-state index contributed by atoms with van der Waals surface area (Å²) in [5.74, 6) is 1.22. The molecule has 0 aliphatic carbocycles. The van der Waals surface area contributed by atoms with Crippen LogP contribution < -0.4 is 5.32 Å². The zero-order chi connectivity index (χ0) is 16.9. The normalized spacial score (nSPS) is 22.5. The van der Waals surface area contributed by atoms with Crippen LogP contribution in [0.25, 0.3) is 0 Å². The van der Waals surface area contributed by atoms with Crippen molar-refractivity contribution < 1.29 is 9.18 Å². The Labute approximate surface area is 156 Å². The first-order chi connectivity index (χ1) is 11.6. The summed E-state index contributed by atoms with van der Waals surface area (Å²) in [6, 6.07) is 7.02. The maximum atomic E-state index is 13.4. The Morgan fingerprint density at radius 1 is 1.32 bits per heavy atom. The van der Waals surface area contributed by atoms with Crippen molar-refractivity contribution in [2.45, 2.75) is 51.5 Å². The van der Waals surface area contributed by atoms with Crippen LogP contribution in [0.4, 0.5) is 4.39 Å². The minimum absolute atomic E-state index is 0. The first kappa shape index (κ1) is 20.2. The molecule has 3 rings (SSSR count). The van der Waals surface area contributed by atoms with E-state index in [1.54, 1.807) is 12.1 Å². The lowest BCUT2D eigenvalue weighted by molar-refractivity contribution is -0.133. The molecule has 0 radical (unpaired) electrons. The van der Waals surface area contributed by atoms with E-state index in [-0.39, 0.29) is 24.3 Å². The Kier molecular flexibility index (Phi) is 7.70. The third-order valence-corrected chi connectivity index (χ3v) is 5.74. The molecule has 140 valence electrons. The van der Waals surface area contributed by atoms with Crippen LogP contribution in [0.2, 0.25) is 0 Å². The molecule has 1 aromatic carbocycles. The van der Waals surface area contributed by atoms with Gasteiger partial charge in [0.2, 0.25) is 5.91 Å². The van der Waals surface area contributed by atoms with Gasteiger partial charge in [0.05, 0.1) is 0 Å². The first-order valence-electron chi connectivity index (χ1n) is 9.38. The summed E-state index contributed by atoms with van der Waals surface area (Å²) in [5.41, 5.74) is 0.992. The van der Waals surface area contributed by atoms with Gasteiger partial charge in [0.15, 0.2) is 0 Å². The SMILES string of the molecule is CC(CC(=O)N1CCCC1Cc1cccc(F)c1)C1CCNCC1.Cl. The quantitative estimate of drug-likeness (QED) is 0.857. The highest BCUT2D eigenvalue weighted by atomic mass is 35.5. The van der Waals surface area contributed by atoms with Crippen LogP contribution >= 0.6 is 12.4 Å². The predicted octanol–water partition coefficient (Wildman–Crippen LogP) is 3.81. The van der Waals surface area contributed by atoms with Crippen LogP contribution in [0.15, 0.2) is 24.3 Å². The van der Waals surface area contributed by atoms with Gasteiger partial charge in [0.1, 0.15) is 5.82 Å². The van der Waals surface area contributed by atoms with Crippen LogP contribution in [-0.2, 0) is 11.2 Å². The summed E-state index contributed by atoms with van der Waals surface area (Å²) >= 11 is 0. The molecule has 1 N–H and O–H groups in total. The van der Waals surface area contributed by atoms with Crippen LogP contribution in [-0.4, -0.2) is 36.5 Å². The van der Waals surface area contributed by atoms with Gasteiger partial charge in [0.25, 0.3) is 0 Å². The van der Waals surface area contributed by atoms with Crippen molar-refractivity contribution in [2.24, 2.45) is 11.8 Å². The van der Waals surface area contributed by atoms with Gasteiger partial charge in [-0.25, -0.2) is 4.39 Å². The summed E-state index contributed by atoms with van der Waals surface area (Å²) in [7, 11) is 0. The van der Waals surface area contributed by atoms with E-state index in [9.17, 15) is 9.18 Å². The van der Waals surface area contributed by atoms with E-state index in [0.717, 1.165) is 44.5 Å². The number of likely N-dealkylation sites (tertiary alicyclic amines) is 1. The maximum Gasteiger partial charge on any atom is 0.223 e. The number of hydrogen-bond donors (Lipinski definition) is 1. The van der Waals surface area contributed by atoms with Crippen molar-refractivity contribution in [3.05, 3.63) is 35.6 Å². The van der Waals surface area contributed by atoms with Gasteiger partial charge in [-0.3, -0.25) is 4.79 Å². The number of piperidine rings is 1. The molecule has 2 aliphatic rings. The van der Waals surface area contributed by atoms with Crippen molar-refractivity contribution in [3.8, 4) is 0 Å². The van der Waals surface area contributed by atoms with Gasteiger partial charge in [0, 0.05) is 19.0 Å². The van der Waals surface area contributed by atoms with E-state index in [4.69, 9.17) is 0 Å². The van der Waals surface area contributed by atoms with E-state index in [2.05, 4.69) is 17.1 Å². The molecule has 2 aliphatic heterocycles. The molecule has 2 atom stereocenters. The Morgan fingerprint density at radius 2 is 2.08 bits per heavy atom. The lowest BCUT2D eigenvalue weighted by atomic mass is 9.84. The number of carbonyl (C=O) groups excluding carboxylic acids is 1. The number of halogens is 2. The second-order valence-corrected chi connectivity index (χ2v) is 7.49. The molecule has 2 saturated heterocycles. The number of carbonyl (C=O) groups is 1. The standard InChI is InChI=1S/C20H29FN2O.ClH/c1-15(17-7-9-22-10-8-17)12-20(24)23-11-3-6-19(23)14-16-4-2-5-18(21)13-16;/h2,4-5,13,15,17,19,22H,3,6-12,14H2,1H3;1H. The Hall–Kier alpha value is -1.13. The van der Waals surface area contributed by atoms with E-state index < -0.39 is 0 Å². The second-order valence-electron chi connectivity index (χ2n) is 7.49. The van der Waals surface area contributed by atoms with Crippen LogP contribution in [0.1, 0.15) is 44.6 Å². The first-order valence-corrected chi connectivity index (χ1v) is 9.38. The largest absolute Gasteiger partial charge is 0.339 e. The number of nitrogens with zero attached hydrogens (tertiary/aromatic N) is 1. The van der Waals surface area contributed by atoms with Crippen molar-refractivity contribution >= 4 is 18.3 Å². The van der Waals surface area contributed by atoms with E-state index in [0.29, 0.717) is 24.2 Å². The average Bonchev–Trinajstić information content (AvgIpc) is 3.04. The van der Waals surface area contributed by atoms with Crippen molar-refractivity contribution in [3.63, 3.8) is 0 Å². The predicted molar refractivity (Wildman–Crippen MR) is 101 cm³/mol. The summed E-state index contributed by atoms with van der Waals surface area (Å²) in [4.78, 5) is 14.9. The number of amides is 1. The minimum Gasteiger partial charge on any atom is -0.339 e. The van der Waals surface area contributed by atoms with Crippen molar-refractivity contribution in [1.82, 2.24) is 10.2 Å². The van der Waals surface area contributed by atoms with Crippen LogP contribution in [0, 0.1) is 17.7 Å². The summed E-state index contributed by atoms with van der Waals surface area (Å²) in [6.45, 7) is 5.24. The van der Waals surface area contributed by atoms with Gasteiger partial charge < -0.3 is 10.2 Å². The molecule has 2 fully saturated rings. The zero-order valence-corrected chi connectivity index (χ0v) is 15.9. The molecule has 5 heteroatoms. The number of hydrogen-bond acceptors (Lipinski definition) is 2. The fourth-order valence-corrected chi connectivity index (χ4v) is 4.28. The third-order valence-electron chi connectivity index (χ3n) is 5.74. The molecule has 0 bridgehead atoms. The fraction of sp³-hybridized carbons (Fsp3) is 0.650. The molecular formula is C20H30ClFN2O. The van der Waals surface area contributed by atoms with Gasteiger partial charge >= 0.3 is 0 Å². The fourth-order valence-electron chi connectivity index (χ4n) is 4.28. The highest BCUT2D eigenvalue weighted by molar-refractivity contribution is 5.85. The van der Waals surface area contributed by atoms with Crippen molar-refractivity contribution in [1.29, 1.82) is 0 Å². The van der Waals surface area contributed by atoms with Gasteiger partial charge in [-0.1, -0.05) is 19.1 Å². The molecule has 0 aromatic heterocycles. The van der Waals surface area contributed by atoms with Gasteiger partial charge in [-0.15, -0.1) is 12.4 Å². The molecule has 2 unspecified atom stereocenters. The molecule has 0 saturated carbocycles. The van der Waals surface area contributed by atoms with Crippen LogP contribution in [0.5, 0.6) is 0 Å². The van der Waals surface area contributed by atoms with E-state index in [1.807, 2.05) is 6.07 Å². The number of benzene rings is 1. The molecule has 1 amide bonds. The average molecular weight is 369 g/mol. The van der Waals surface area contributed by atoms with Gasteiger partial charge in [-0.2, -0.15) is 0 Å². The summed E-state index contributed by atoms with van der Waals surface area (Å²) in [6.07, 6.45) is 5.88. The van der Waals surface area contributed by atoms with Gasteiger partial charge in [-0.05, 0) is 74.7 Å². The molecule has 1 aromatic rings. The molecule has 25 heavy (non-hydrogen) atoms. The molecule has 3 nitrogen and oxygen atoms in total. The monoisotopic (exact) mass is 368 g/mol. The Bertz CT molecular complexity index is 562. The molecule has 0 spiro atoms. The maximum absolute atomic E-state index is 13.4. The Morgan fingerprint density at radius 3 is 2.80 bits per heavy atom. The molecular weight excluding hydrogens is 339 g/mol. The molecule has 2 heterocycles. The van der Waals surface area contributed by atoms with E-state index >= 15 is 0 Å². The summed E-state index contributed by atoms with van der Waals surface area (Å²) in [5, 5.41) is 3.39. The lowest BCUT2D eigenvalue weighted by Crippen LogP contribution is -2.39. The van der Waals surface area contributed by atoms with Crippen molar-refractivity contribution in [2.75, 3.05) is 19.6 Å². The lowest BCUT2D eigenvalue weighted by Gasteiger charge is -2.31. The third kappa shape index (κ3) is 5.42. The number of nitrogens with one attached hydrogen (secondary N) is 1. The smallest absolute Gasteiger partial charge is 0.223 e. The van der Waals surface area contributed by atoms with Crippen LogP contribution in [0.3, 0.4) is 0 Å². The number of rotatable bonds is 5. The second kappa shape index (κ2) is 9.54. The highest BCUT2D eigenvalue weighted by Crippen LogP contribution is 2.28. The minimum atomic E-state index is -0.192. The zero-order valence-electron chi connectivity index (χ0n) is 15.0.